The standard InChI is InChI=1S/C9H8F5NO2S/c1-15(2)18(16,17)9-4(3-10)5(11)6(12)7(13)8(9)14/h3H2,1-2H3. The molecule has 102 valence electrons. The van der Waals surface area contributed by atoms with Crippen LogP contribution in [0.2, 0.25) is 0 Å². The molecule has 0 unspecified atom stereocenters. The first-order valence-corrected chi connectivity index (χ1v) is 5.93. The fourth-order valence-electron chi connectivity index (χ4n) is 1.23. The van der Waals surface area contributed by atoms with Crippen molar-refractivity contribution >= 4 is 10.0 Å². The van der Waals surface area contributed by atoms with Crippen LogP contribution in [0, 0.1) is 23.3 Å². The van der Waals surface area contributed by atoms with E-state index in [0.29, 0.717) is 4.31 Å². The predicted molar refractivity (Wildman–Crippen MR) is 52.0 cm³/mol. The van der Waals surface area contributed by atoms with E-state index in [1.807, 2.05) is 0 Å². The van der Waals surface area contributed by atoms with Crippen LogP contribution in [0.4, 0.5) is 22.0 Å². The van der Waals surface area contributed by atoms with E-state index in [1.54, 1.807) is 0 Å². The molecule has 1 aromatic rings. The molecule has 0 saturated heterocycles. The summed E-state index contributed by atoms with van der Waals surface area (Å²) in [7, 11) is -2.73. The van der Waals surface area contributed by atoms with Crippen molar-refractivity contribution in [1.29, 1.82) is 0 Å². The molecule has 0 heterocycles. The van der Waals surface area contributed by atoms with Gasteiger partial charge in [0.2, 0.25) is 10.0 Å². The zero-order valence-electron chi connectivity index (χ0n) is 9.27. The molecule has 0 fully saturated rings. The number of nitrogens with zero attached hydrogens (tertiary/aromatic N) is 1. The lowest BCUT2D eigenvalue weighted by atomic mass is 10.2. The van der Waals surface area contributed by atoms with Gasteiger partial charge in [-0.15, -0.1) is 0 Å². The Kier molecular flexibility index (Phi) is 3.96. The van der Waals surface area contributed by atoms with Crippen LogP contribution in [-0.2, 0) is 16.7 Å². The molecule has 9 heteroatoms. The Hall–Kier alpha value is -1.22. The predicted octanol–water partition coefficient (Wildman–Crippen LogP) is 1.96. The Labute approximate surface area is 99.9 Å². The number of hydrogen-bond acceptors (Lipinski definition) is 2. The van der Waals surface area contributed by atoms with Gasteiger partial charge in [0.1, 0.15) is 11.6 Å². The van der Waals surface area contributed by atoms with E-state index >= 15 is 0 Å². The van der Waals surface area contributed by atoms with Gasteiger partial charge >= 0.3 is 0 Å². The van der Waals surface area contributed by atoms with Crippen LogP contribution >= 0.6 is 0 Å². The summed E-state index contributed by atoms with van der Waals surface area (Å²) >= 11 is 0. The Balaban J connectivity index is 3.85. The normalized spacial score (nSPS) is 12.2. The SMILES string of the molecule is CN(C)S(=O)(=O)c1c(F)c(F)c(F)c(F)c1CF. The van der Waals surface area contributed by atoms with Crippen LogP contribution in [0.15, 0.2) is 4.90 Å². The van der Waals surface area contributed by atoms with Crippen molar-refractivity contribution in [3.63, 3.8) is 0 Å². The van der Waals surface area contributed by atoms with Crippen LogP contribution in [-0.4, -0.2) is 26.8 Å². The van der Waals surface area contributed by atoms with E-state index in [-0.39, 0.29) is 0 Å². The molecule has 0 spiro atoms. The summed E-state index contributed by atoms with van der Waals surface area (Å²) < 4.78 is 88.6. The summed E-state index contributed by atoms with van der Waals surface area (Å²) in [5.41, 5.74) is -1.37. The molecule has 0 aliphatic rings. The van der Waals surface area contributed by atoms with Gasteiger partial charge in [0.15, 0.2) is 23.3 Å². The van der Waals surface area contributed by atoms with Gasteiger partial charge in [0, 0.05) is 19.7 Å². The second kappa shape index (κ2) is 4.81. The molecule has 0 atom stereocenters. The minimum atomic E-state index is -4.64. The number of alkyl halides is 1. The van der Waals surface area contributed by atoms with Crippen molar-refractivity contribution in [2.45, 2.75) is 11.6 Å². The molecule has 3 nitrogen and oxygen atoms in total. The molecule has 0 radical (unpaired) electrons. The second-order valence-electron chi connectivity index (χ2n) is 3.48. The van der Waals surface area contributed by atoms with Gasteiger partial charge in [-0.3, -0.25) is 0 Å². The third-order valence-electron chi connectivity index (χ3n) is 2.19. The van der Waals surface area contributed by atoms with E-state index in [0.717, 1.165) is 14.1 Å². The highest BCUT2D eigenvalue weighted by Gasteiger charge is 2.33. The molecule has 0 N–H and O–H groups in total. The number of benzene rings is 1. The highest BCUT2D eigenvalue weighted by Crippen LogP contribution is 2.29. The zero-order chi connectivity index (χ0) is 14.2. The largest absolute Gasteiger partial charge is 0.246 e. The first kappa shape index (κ1) is 14.8. The summed E-state index contributed by atoms with van der Waals surface area (Å²) in [6.07, 6.45) is 0. The highest BCUT2D eigenvalue weighted by atomic mass is 32.2. The molecule has 0 bridgehead atoms. The van der Waals surface area contributed by atoms with Crippen LogP contribution < -0.4 is 0 Å². The Morgan fingerprint density at radius 2 is 1.39 bits per heavy atom. The van der Waals surface area contributed by atoms with Gasteiger partial charge in [-0.25, -0.2) is 34.7 Å². The van der Waals surface area contributed by atoms with Crippen LogP contribution in [0.5, 0.6) is 0 Å². The molecular weight excluding hydrogens is 281 g/mol. The average Bonchev–Trinajstić information content (AvgIpc) is 2.30. The lowest BCUT2D eigenvalue weighted by Crippen LogP contribution is -2.26. The Morgan fingerprint density at radius 3 is 1.78 bits per heavy atom. The molecule has 0 aliphatic heterocycles. The van der Waals surface area contributed by atoms with Crippen LogP contribution in [0.3, 0.4) is 0 Å². The Morgan fingerprint density at radius 1 is 0.944 bits per heavy atom. The van der Waals surface area contributed by atoms with Crippen molar-refractivity contribution in [2.75, 3.05) is 14.1 Å². The first-order valence-electron chi connectivity index (χ1n) is 4.49. The van der Waals surface area contributed by atoms with E-state index in [9.17, 15) is 30.4 Å². The van der Waals surface area contributed by atoms with E-state index < -0.39 is 50.4 Å². The number of halogens is 5. The van der Waals surface area contributed by atoms with Crippen molar-refractivity contribution in [1.82, 2.24) is 4.31 Å². The van der Waals surface area contributed by atoms with Crippen LogP contribution in [0.25, 0.3) is 0 Å². The molecule has 0 amide bonds. The van der Waals surface area contributed by atoms with Crippen molar-refractivity contribution in [3.8, 4) is 0 Å². The van der Waals surface area contributed by atoms with E-state index in [2.05, 4.69) is 0 Å². The highest BCUT2D eigenvalue weighted by molar-refractivity contribution is 7.89. The van der Waals surface area contributed by atoms with Gasteiger partial charge in [-0.1, -0.05) is 0 Å². The summed E-state index contributed by atoms with van der Waals surface area (Å²) in [4.78, 5) is -1.54. The van der Waals surface area contributed by atoms with Crippen molar-refractivity contribution in [3.05, 3.63) is 28.8 Å². The molecule has 0 saturated carbocycles. The second-order valence-corrected chi connectivity index (χ2v) is 5.57. The smallest absolute Gasteiger partial charge is 0.246 e. The maximum atomic E-state index is 13.4. The number of sulfonamides is 1. The summed E-state index contributed by atoms with van der Waals surface area (Å²) in [6, 6.07) is 0. The fourth-order valence-corrected chi connectivity index (χ4v) is 2.36. The monoisotopic (exact) mass is 289 g/mol. The molecule has 0 aromatic heterocycles. The maximum absolute atomic E-state index is 13.4. The Bertz CT molecular complexity index is 585. The third kappa shape index (κ3) is 2.07. The van der Waals surface area contributed by atoms with Crippen molar-refractivity contribution in [2.24, 2.45) is 0 Å². The minimum Gasteiger partial charge on any atom is -0.246 e. The summed E-state index contributed by atoms with van der Waals surface area (Å²) in [5.74, 6) is -8.75. The molecule has 18 heavy (non-hydrogen) atoms. The topological polar surface area (TPSA) is 37.4 Å². The molecule has 1 rings (SSSR count). The molecule has 1 aromatic carbocycles. The minimum absolute atomic E-state index is 0.432. The zero-order valence-corrected chi connectivity index (χ0v) is 10.1. The quantitative estimate of drug-likeness (QED) is 0.484. The van der Waals surface area contributed by atoms with Gasteiger partial charge in [-0.2, -0.15) is 0 Å². The van der Waals surface area contributed by atoms with E-state index in [1.165, 1.54) is 0 Å². The number of hydrogen-bond donors (Lipinski definition) is 0. The van der Waals surface area contributed by atoms with E-state index in [4.69, 9.17) is 0 Å². The summed E-state index contributed by atoms with van der Waals surface area (Å²) in [5, 5.41) is 0. The fraction of sp³-hybridized carbons (Fsp3) is 0.333. The van der Waals surface area contributed by atoms with Crippen molar-refractivity contribution < 1.29 is 30.4 Å². The third-order valence-corrected chi connectivity index (χ3v) is 4.09. The summed E-state index contributed by atoms with van der Waals surface area (Å²) in [6.45, 7) is -1.79. The van der Waals surface area contributed by atoms with Gasteiger partial charge in [-0.05, 0) is 0 Å². The lowest BCUT2D eigenvalue weighted by Gasteiger charge is -2.16. The molecular formula is C9H8F5NO2S. The van der Waals surface area contributed by atoms with Gasteiger partial charge < -0.3 is 0 Å². The van der Waals surface area contributed by atoms with Gasteiger partial charge in [0.25, 0.3) is 0 Å². The average molecular weight is 289 g/mol. The lowest BCUT2D eigenvalue weighted by molar-refractivity contribution is 0.369. The van der Waals surface area contributed by atoms with Crippen LogP contribution in [0.1, 0.15) is 5.56 Å². The van der Waals surface area contributed by atoms with Gasteiger partial charge in [0.05, 0.1) is 0 Å². The maximum Gasteiger partial charge on any atom is 0.246 e. The number of rotatable bonds is 3. The first-order chi connectivity index (χ1) is 8.16. The molecule has 0 aliphatic carbocycles.